The Kier molecular flexibility index (Phi) is 6.53. The summed E-state index contributed by atoms with van der Waals surface area (Å²) in [6, 6.07) is 7.29. The molecular formula is C19H23ClN2O3S. The second kappa shape index (κ2) is 8.27. The molecule has 1 heterocycles. The van der Waals surface area contributed by atoms with Crippen molar-refractivity contribution in [1.82, 2.24) is 9.80 Å². The lowest BCUT2D eigenvalue weighted by Crippen LogP contribution is -2.38. The fourth-order valence-electron chi connectivity index (χ4n) is 2.28. The molecule has 0 atom stereocenters. The number of ketones is 1. The maximum absolute atomic E-state index is 12.5. The molecule has 140 valence electrons. The average Bonchev–Trinajstić information content (AvgIpc) is 2.87. The standard InChI is InChI=1S/C19H23ClN2O3S/c1-19(2,3)15(23)9-18-22(17(25)12-26-18)11-16(24)21(4)10-13-6-5-7-14(20)8-13/h5-9H,10-12H2,1-4H3/b18-9-. The van der Waals surface area contributed by atoms with Gasteiger partial charge in [0.25, 0.3) is 0 Å². The first-order valence-electron chi connectivity index (χ1n) is 8.25. The number of halogens is 1. The van der Waals surface area contributed by atoms with Crippen molar-refractivity contribution in [2.24, 2.45) is 5.41 Å². The van der Waals surface area contributed by atoms with E-state index in [4.69, 9.17) is 11.6 Å². The zero-order valence-electron chi connectivity index (χ0n) is 15.4. The second-order valence-electron chi connectivity index (χ2n) is 7.25. The van der Waals surface area contributed by atoms with Gasteiger partial charge in [-0.15, -0.1) is 0 Å². The maximum atomic E-state index is 12.5. The number of carbonyl (C=O) groups is 3. The van der Waals surface area contributed by atoms with Crippen LogP contribution in [0.25, 0.3) is 0 Å². The highest BCUT2D eigenvalue weighted by molar-refractivity contribution is 8.04. The fourth-order valence-corrected chi connectivity index (χ4v) is 3.43. The largest absolute Gasteiger partial charge is 0.340 e. The zero-order chi connectivity index (χ0) is 19.5. The molecule has 1 aromatic carbocycles. The predicted octanol–water partition coefficient (Wildman–Crippen LogP) is 3.33. The number of hydrogen-bond donors (Lipinski definition) is 0. The van der Waals surface area contributed by atoms with Crippen LogP contribution in [0.3, 0.4) is 0 Å². The van der Waals surface area contributed by atoms with Gasteiger partial charge in [0.2, 0.25) is 11.8 Å². The number of allylic oxidation sites excluding steroid dienone is 1. The fraction of sp³-hybridized carbons (Fsp3) is 0.421. The summed E-state index contributed by atoms with van der Waals surface area (Å²) in [5.74, 6) is -0.184. The van der Waals surface area contributed by atoms with E-state index in [0.717, 1.165) is 5.56 Å². The molecule has 5 nitrogen and oxygen atoms in total. The first kappa shape index (κ1) is 20.5. The van der Waals surface area contributed by atoms with Crippen molar-refractivity contribution in [3.63, 3.8) is 0 Å². The van der Waals surface area contributed by atoms with Crippen LogP contribution in [0, 0.1) is 5.41 Å². The van der Waals surface area contributed by atoms with Gasteiger partial charge in [-0.25, -0.2) is 0 Å². The van der Waals surface area contributed by atoms with E-state index in [1.54, 1.807) is 24.1 Å². The van der Waals surface area contributed by atoms with Crippen LogP contribution in [0.4, 0.5) is 0 Å². The van der Waals surface area contributed by atoms with Crippen molar-refractivity contribution in [3.05, 3.63) is 46.0 Å². The molecule has 0 radical (unpaired) electrons. The van der Waals surface area contributed by atoms with Crippen molar-refractivity contribution >= 4 is 41.0 Å². The lowest BCUT2D eigenvalue weighted by Gasteiger charge is -2.23. The Bertz CT molecular complexity index is 755. The molecule has 0 saturated carbocycles. The Morgan fingerprint density at radius 2 is 2.04 bits per heavy atom. The van der Waals surface area contributed by atoms with Gasteiger partial charge in [-0.3, -0.25) is 19.3 Å². The quantitative estimate of drug-likeness (QED) is 0.719. The molecule has 2 amide bonds. The van der Waals surface area contributed by atoms with Gasteiger partial charge in [0.05, 0.1) is 10.8 Å². The first-order valence-corrected chi connectivity index (χ1v) is 9.62. The third kappa shape index (κ3) is 5.35. The molecule has 0 bridgehead atoms. The zero-order valence-corrected chi connectivity index (χ0v) is 17.0. The van der Waals surface area contributed by atoms with Crippen molar-refractivity contribution in [2.75, 3.05) is 19.3 Å². The summed E-state index contributed by atoms with van der Waals surface area (Å²) in [4.78, 5) is 39.9. The normalized spacial score (nSPS) is 16.3. The van der Waals surface area contributed by atoms with Gasteiger partial charge < -0.3 is 4.90 Å². The molecule has 1 fully saturated rings. The minimum Gasteiger partial charge on any atom is -0.340 e. The molecular weight excluding hydrogens is 372 g/mol. The summed E-state index contributed by atoms with van der Waals surface area (Å²) < 4.78 is 0. The van der Waals surface area contributed by atoms with Crippen LogP contribution < -0.4 is 0 Å². The maximum Gasteiger partial charge on any atom is 0.242 e. The van der Waals surface area contributed by atoms with E-state index in [1.165, 1.54) is 22.7 Å². The average molecular weight is 395 g/mol. The number of likely N-dealkylation sites (N-methyl/N-ethyl adjacent to an activating group) is 1. The first-order chi connectivity index (χ1) is 12.1. The van der Waals surface area contributed by atoms with E-state index >= 15 is 0 Å². The van der Waals surface area contributed by atoms with E-state index < -0.39 is 5.41 Å². The predicted molar refractivity (Wildman–Crippen MR) is 105 cm³/mol. The lowest BCUT2D eigenvalue weighted by molar-refractivity contribution is -0.136. The summed E-state index contributed by atoms with van der Waals surface area (Å²) >= 11 is 7.26. The van der Waals surface area contributed by atoms with E-state index in [2.05, 4.69) is 0 Å². The molecule has 1 saturated heterocycles. The van der Waals surface area contributed by atoms with Crippen LogP contribution in [0.1, 0.15) is 26.3 Å². The molecule has 1 aliphatic heterocycles. The van der Waals surface area contributed by atoms with Crippen LogP contribution in [-0.2, 0) is 20.9 Å². The highest BCUT2D eigenvalue weighted by atomic mass is 35.5. The molecule has 2 rings (SSSR count). The van der Waals surface area contributed by atoms with Gasteiger partial charge in [-0.1, -0.05) is 56.3 Å². The van der Waals surface area contributed by atoms with Crippen LogP contribution >= 0.6 is 23.4 Å². The van der Waals surface area contributed by atoms with Crippen molar-refractivity contribution in [2.45, 2.75) is 27.3 Å². The molecule has 1 aromatic rings. The third-order valence-corrected chi connectivity index (χ3v) is 5.19. The van der Waals surface area contributed by atoms with E-state index in [9.17, 15) is 14.4 Å². The summed E-state index contributed by atoms with van der Waals surface area (Å²) in [5.41, 5.74) is 0.382. The molecule has 0 N–H and O–H groups in total. The molecule has 0 spiro atoms. The van der Waals surface area contributed by atoms with Gasteiger partial charge >= 0.3 is 0 Å². The minimum atomic E-state index is -0.530. The molecule has 0 unspecified atom stereocenters. The SMILES string of the molecule is CN(Cc1cccc(Cl)c1)C(=O)CN1C(=O)CS/C1=C\C(=O)C(C)(C)C. The molecule has 1 aliphatic rings. The monoisotopic (exact) mass is 394 g/mol. The van der Waals surface area contributed by atoms with Crippen LogP contribution in [0.15, 0.2) is 35.4 Å². The summed E-state index contributed by atoms with van der Waals surface area (Å²) in [7, 11) is 1.68. The Balaban J connectivity index is 2.06. The molecule has 7 heteroatoms. The van der Waals surface area contributed by atoms with Gasteiger partial charge in [-0.2, -0.15) is 0 Å². The van der Waals surface area contributed by atoms with Gasteiger partial charge in [0.1, 0.15) is 6.54 Å². The topological polar surface area (TPSA) is 57.7 Å². The molecule has 0 aromatic heterocycles. The van der Waals surface area contributed by atoms with Crippen LogP contribution in [0.5, 0.6) is 0 Å². The van der Waals surface area contributed by atoms with Crippen LogP contribution in [0.2, 0.25) is 5.02 Å². The summed E-state index contributed by atoms with van der Waals surface area (Å²) in [6.07, 6.45) is 1.47. The number of thioether (sulfide) groups is 1. The Morgan fingerprint density at radius 3 is 2.65 bits per heavy atom. The van der Waals surface area contributed by atoms with Gasteiger partial charge in [0, 0.05) is 30.1 Å². The lowest BCUT2D eigenvalue weighted by atomic mass is 9.91. The highest BCUT2D eigenvalue weighted by Gasteiger charge is 2.31. The van der Waals surface area contributed by atoms with E-state index in [0.29, 0.717) is 16.6 Å². The number of carbonyl (C=O) groups excluding carboxylic acids is 3. The number of nitrogens with zero attached hydrogens (tertiary/aromatic N) is 2. The number of benzene rings is 1. The van der Waals surface area contributed by atoms with Crippen molar-refractivity contribution in [1.29, 1.82) is 0 Å². The minimum absolute atomic E-state index is 0.0700. The second-order valence-corrected chi connectivity index (χ2v) is 8.68. The number of rotatable bonds is 5. The van der Waals surface area contributed by atoms with Crippen molar-refractivity contribution < 1.29 is 14.4 Å². The Morgan fingerprint density at radius 1 is 1.35 bits per heavy atom. The summed E-state index contributed by atoms with van der Waals surface area (Å²) in [6.45, 7) is 5.78. The number of hydrogen-bond acceptors (Lipinski definition) is 4. The third-order valence-electron chi connectivity index (χ3n) is 3.93. The smallest absolute Gasteiger partial charge is 0.242 e. The molecule has 0 aliphatic carbocycles. The Hall–Kier alpha value is -1.79. The van der Waals surface area contributed by atoms with Gasteiger partial charge in [0.15, 0.2) is 5.78 Å². The Labute approximate surface area is 163 Å². The van der Waals surface area contributed by atoms with Crippen LogP contribution in [-0.4, -0.2) is 46.7 Å². The van der Waals surface area contributed by atoms with Gasteiger partial charge in [-0.05, 0) is 17.7 Å². The molecule has 26 heavy (non-hydrogen) atoms. The van der Waals surface area contributed by atoms with E-state index in [1.807, 2.05) is 32.9 Å². The highest BCUT2D eigenvalue weighted by Crippen LogP contribution is 2.30. The van der Waals surface area contributed by atoms with E-state index in [-0.39, 0.29) is 29.9 Å². The number of amides is 2. The summed E-state index contributed by atoms with van der Waals surface area (Å²) in [5, 5.41) is 1.15. The van der Waals surface area contributed by atoms with Crippen molar-refractivity contribution in [3.8, 4) is 0 Å².